The van der Waals surface area contributed by atoms with Crippen molar-refractivity contribution in [3.05, 3.63) is 21.6 Å². The van der Waals surface area contributed by atoms with E-state index in [1.165, 1.54) is 0 Å². The SMILES string of the molecule is C[C@@H]1O[C@H](C=CC=C(Br)Br)[C@H](O)C1O. The first-order valence-corrected chi connectivity index (χ1v) is 5.82. The number of rotatable bonds is 2. The van der Waals surface area contributed by atoms with E-state index in [4.69, 9.17) is 4.74 Å². The summed E-state index contributed by atoms with van der Waals surface area (Å²) in [4.78, 5) is 0. The lowest BCUT2D eigenvalue weighted by Crippen LogP contribution is -2.30. The Hall–Kier alpha value is 0.320. The highest BCUT2D eigenvalue weighted by atomic mass is 79.9. The minimum absolute atomic E-state index is 0.323. The van der Waals surface area contributed by atoms with Crippen molar-refractivity contribution in [2.45, 2.75) is 31.3 Å². The van der Waals surface area contributed by atoms with E-state index < -0.39 is 18.3 Å². The topological polar surface area (TPSA) is 49.7 Å². The van der Waals surface area contributed by atoms with Gasteiger partial charge in [0.05, 0.1) is 9.50 Å². The molecular formula is C9H12Br2O3. The molecule has 1 heterocycles. The Morgan fingerprint density at radius 1 is 1.29 bits per heavy atom. The minimum atomic E-state index is -0.844. The van der Waals surface area contributed by atoms with Gasteiger partial charge in [0.1, 0.15) is 18.3 Å². The Balaban J connectivity index is 2.55. The summed E-state index contributed by atoms with van der Waals surface area (Å²) < 4.78 is 6.13. The third-order valence-electron chi connectivity index (χ3n) is 2.06. The third kappa shape index (κ3) is 3.17. The van der Waals surface area contributed by atoms with Gasteiger partial charge in [0, 0.05) is 0 Å². The molecule has 2 N–H and O–H groups in total. The molecule has 3 nitrogen and oxygen atoms in total. The van der Waals surface area contributed by atoms with Crippen LogP contribution in [0.4, 0.5) is 0 Å². The Bertz CT molecular complexity index is 248. The van der Waals surface area contributed by atoms with E-state index in [0.717, 1.165) is 3.39 Å². The van der Waals surface area contributed by atoms with Crippen LogP contribution >= 0.6 is 31.9 Å². The van der Waals surface area contributed by atoms with Gasteiger partial charge in [-0.1, -0.05) is 12.2 Å². The smallest absolute Gasteiger partial charge is 0.112 e. The summed E-state index contributed by atoms with van der Waals surface area (Å²) in [5, 5.41) is 18.9. The van der Waals surface area contributed by atoms with Gasteiger partial charge in [0.25, 0.3) is 0 Å². The molecule has 1 rings (SSSR count). The zero-order valence-electron chi connectivity index (χ0n) is 7.60. The highest BCUT2D eigenvalue weighted by molar-refractivity contribution is 9.28. The van der Waals surface area contributed by atoms with Gasteiger partial charge >= 0.3 is 0 Å². The lowest BCUT2D eigenvalue weighted by molar-refractivity contribution is 0.0316. The van der Waals surface area contributed by atoms with Crippen molar-refractivity contribution in [2.24, 2.45) is 0 Å². The zero-order chi connectivity index (χ0) is 10.7. The Kier molecular flexibility index (Phi) is 4.79. The number of aliphatic hydroxyl groups is 2. The van der Waals surface area contributed by atoms with Crippen LogP contribution in [-0.2, 0) is 4.74 Å². The van der Waals surface area contributed by atoms with Gasteiger partial charge in [-0.15, -0.1) is 0 Å². The quantitative estimate of drug-likeness (QED) is 0.759. The number of hydrogen-bond acceptors (Lipinski definition) is 3. The van der Waals surface area contributed by atoms with E-state index in [1.54, 1.807) is 25.2 Å². The highest BCUT2D eigenvalue weighted by Gasteiger charge is 2.38. The van der Waals surface area contributed by atoms with E-state index >= 15 is 0 Å². The van der Waals surface area contributed by atoms with Crippen molar-refractivity contribution in [1.29, 1.82) is 0 Å². The average Bonchev–Trinajstić information content (AvgIpc) is 2.33. The average molecular weight is 328 g/mol. The van der Waals surface area contributed by atoms with E-state index in [1.807, 2.05) is 0 Å². The lowest BCUT2D eigenvalue weighted by atomic mass is 10.1. The molecule has 1 aliphatic heterocycles. The van der Waals surface area contributed by atoms with Gasteiger partial charge in [-0.3, -0.25) is 0 Å². The molecule has 0 aromatic carbocycles. The summed E-state index contributed by atoms with van der Waals surface area (Å²) in [6.45, 7) is 1.73. The van der Waals surface area contributed by atoms with Crippen molar-refractivity contribution in [1.82, 2.24) is 0 Å². The third-order valence-corrected chi connectivity index (χ3v) is 2.59. The van der Waals surface area contributed by atoms with E-state index in [0.29, 0.717) is 0 Å². The first-order valence-electron chi connectivity index (χ1n) is 4.23. The predicted molar refractivity (Wildman–Crippen MR) is 61.4 cm³/mol. The van der Waals surface area contributed by atoms with Crippen LogP contribution < -0.4 is 0 Å². The minimum Gasteiger partial charge on any atom is -0.388 e. The van der Waals surface area contributed by atoms with Crippen molar-refractivity contribution < 1.29 is 14.9 Å². The van der Waals surface area contributed by atoms with Crippen LogP contribution in [0, 0.1) is 0 Å². The molecule has 1 aliphatic rings. The standard InChI is InChI=1S/C9H12Br2O3/c1-5-8(12)9(13)6(14-5)3-2-4-7(10)11/h2-6,8-9,12-13H,1H3/t5-,6+,8?,9-/m0/s1. The van der Waals surface area contributed by atoms with Crippen molar-refractivity contribution in [3.63, 3.8) is 0 Å². The Labute approximate surface area is 99.7 Å². The fourth-order valence-electron chi connectivity index (χ4n) is 1.28. The van der Waals surface area contributed by atoms with Gasteiger partial charge < -0.3 is 14.9 Å². The number of ether oxygens (including phenoxy) is 1. The molecule has 5 heteroatoms. The molecule has 0 spiro atoms. The molecule has 14 heavy (non-hydrogen) atoms. The molecule has 0 amide bonds. The van der Waals surface area contributed by atoms with E-state index in [9.17, 15) is 10.2 Å². The summed E-state index contributed by atoms with van der Waals surface area (Å²) in [5.74, 6) is 0. The van der Waals surface area contributed by atoms with E-state index in [-0.39, 0.29) is 6.10 Å². The molecule has 0 bridgehead atoms. The maximum absolute atomic E-state index is 9.52. The summed E-state index contributed by atoms with van der Waals surface area (Å²) in [6, 6.07) is 0. The fourth-order valence-corrected chi connectivity index (χ4v) is 1.58. The number of hydrogen-bond donors (Lipinski definition) is 2. The van der Waals surface area contributed by atoms with Gasteiger partial charge in [-0.25, -0.2) is 0 Å². The van der Waals surface area contributed by atoms with Gasteiger partial charge in [0.2, 0.25) is 0 Å². The number of halogens is 2. The normalized spacial score (nSPS) is 37.8. The fraction of sp³-hybridized carbons (Fsp3) is 0.556. The summed E-state index contributed by atoms with van der Waals surface area (Å²) in [7, 11) is 0. The first-order chi connectivity index (χ1) is 6.52. The number of aliphatic hydroxyl groups excluding tert-OH is 2. The predicted octanol–water partition coefficient (Wildman–Crippen LogP) is 1.68. The molecule has 80 valence electrons. The summed E-state index contributed by atoms with van der Waals surface area (Å²) in [5.41, 5.74) is 0. The molecule has 0 aromatic rings. The van der Waals surface area contributed by atoms with Crippen molar-refractivity contribution in [3.8, 4) is 0 Å². The van der Waals surface area contributed by atoms with Crippen LogP contribution in [-0.4, -0.2) is 34.6 Å². The zero-order valence-corrected chi connectivity index (χ0v) is 10.8. The summed E-state index contributed by atoms with van der Waals surface area (Å²) in [6.07, 6.45) is 2.82. The van der Waals surface area contributed by atoms with Crippen LogP contribution in [0.1, 0.15) is 6.92 Å². The van der Waals surface area contributed by atoms with Crippen LogP contribution in [0.25, 0.3) is 0 Å². The van der Waals surface area contributed by atoms with Gasteiger partial charge in [-0.2, -0.15) is 0 Å². The molecule has 4 atom stereocenters. The lowest BCUT2D eigenvalue weighted by Gasteiger charge is -2.09. The van der Waals surface area contributed by atoms with Crippen LogP contribution in [0.2, 0.25) is 0 Å². The summed E-state index contributed by atoms with van der Waals surface area (Å²) >= 11 is 6.39. The van der Waals surface area contributed by atoms with Crippen LogP contribution in [0.3, 0.4) is 0 Å². The first kappa shape index (κ1) is 12.4. The molecule has 0 saturated carbocycles. The molecule has 1 unspecified atom stereocenters. The highest BCUT2D eigenvalue weighted by Crippen LogP contribution is 2.22. The Morgan fingerprint density at radius 3 is 2.36 bits per heavy atom. The van der Waals surface area contributed by atoms with Crippen LogP contribution in [0.15, 0.2) is 21.6 Å². The van der Waals surface area contributed by atoms with Crippen molar-refractivity contribution in [2.75, 3.05) is 0 Å². The second kappa shape index (κ2) is 5.42. The molecule has 0 aromatic heterocycles. The molecule has 1 fully saturated rings. The van der Waals surface area contributed by atoms with Gasteiger partial charge in [-0.05, 0) is 44.9 Å². The molecule has 1 saturated heterocycles. The Morgan fingerprint density at radius 2 is 1.93 bits per heavy atom. The number of allylic oxidation sites excluding steroid dienone is 2. The largest absolute Gasteiger partial charge is 0.388 e. The van der Waals surface area contributed by atoms with E-state index in [2.05, 4.69) is 31.9 Å². The molecule has 0 aliphatic carbocycles. The maximum Gasteiger partial charge on any atom is 0.112 e. The maximum atomic E-state index is 9.52. The second-order valence-corrected chi connectivity index (χ2v) is 5.90. The monoisotopic (exact) mass is 326 g/mol. The second-order valence-electron chi connectivity index (χ2n) is 3.13. The van der Waals surface area contributed by atoms with Crippen LogP contribution in [0.5, 0.6) is 0 Å². The molecule has 0 radical (unpaired) electrons. The van der Waals surface area contributed by atoms with Crippen molar-refractivity contribution >= 4 is 31.9 Å². The molecular weight excluding hydrogens is 316 g/mol. The van der Waals surface area contributed by atoms with Gasteiger partial charge in [0.15, 0.2) is 0 Å².